The minimum atomic E-state index is -0.298. The lowest BCUT2D eigenvalue weighted by molar-refractivity contribution is -0.123. The Labute approximate surface area is 109 Å². The number of aliphatic hydroxyl groups excluding tert-OH is 1. The van der Waals surface area contributed by atoms with Gasteiger partial charge in [-0.25, -0.2) is 0 Å². The number of aliphatic hydroxyl groups is 1. The molecule has 3 heteroatoms. The zero-order valence-electron chi connectivity index (χ0n) is 11.2. The summed E-state index contributed by atoms with van der Waals surface area (Å²) < 4.78 is 0. The molecule has 0 heterocycles. The number of amides is 1. The molecule has 0 aromatic heterocycles. The standard InChI is InChI=1S/C15H23NO2/c1-3-12(4-2)10-15(18)16-14(11-17)13-8-6-5-7-9-13/h5-9,12,14,17H,3-4,10-11H2,1-2H3,(H,16,18)/t14-/m1/s1. The molecule has 0 saturated heterocycles. The minimum Gasteiger partial charge on any atom is -0.394 e. The van der Waals surface area contributed by atoms with E-state index in [4.69, 9.17) is 0 Å². The molecule has 100 valence electrons. The molecule has 0 unspecified atom stereocenters. The molecular weight excluding hydrogens is 226 g/mol. The molecule has 18 heavy (non-hydrogen) atoms. The third kappa shape index (κ3) is 4.49. The predicted octanol–water partition coefficient (Wildman–Crippen LogP) is 2.66. The van der Waals surface area contributed by atoms with Crippen LogP contribution in [0.2, 0.25) is 0 Å². The SMILES string of the molecule is CCC(CC)CC(=O)N[C@H](CO)c1ccccc1. The van der Waals surface area contributed by atoms with Crippen LogP contribution in [0.4, 0.5) is 0 Å². The second kappa shape index (κ2) is 7.88. The summed E-state index contributed by atoms with van der Waals surface area (Å²) >= 11 is 0. The molecule has 3 nitrogen and oxygen atoms in total. The van der Waals surface area contributed by atoms with Crippen molar-refractivity contribution in [1.29, 1.82) is 0 Å². The van der Waals surface area contributed by atoms with Crippen LogP contribution in [0.1, 0.15) is 44.7 Å². The van der Waals surface area contributed by atoms with E-state index in [0.717, 1.165) is 18.4 Å². The van der Waals surface area contributed by atoms with Crippen molar-refractivity contribution in [3.05, 3.63) is 35.9 Å². The minimum absolute atomic E-state index is 0.0200. The Hall–Kier alpha value is -1.35. The smallest absolute Gasteiger partial charge is 0.220 e. The molecule has 0 spiro atoms. The molecular formula is C15H23NO2. The molecule has 2 N–H and O–H groups in total. The van der Waals surface area contributed by atoms with E-state index >= 15 is 0 Å². The molecule has 1 aromatic rings. The van der Waals surface area contributed by atoms with Crippen LogP contribution in [0.25, 0.3) is 0 Å². The van der Waals surface area contributed by atoms with Crippen molar-refractivity contribution in [3.63, 3.8) is 0 Å². The van der Waals surface area contributed by atoms with Crippen molar-refractivity contribution in [1.82, 2.24) is 5.32 Å². The van der Waals surface area contributed by atoms with Gasteiger partial charge in [0.05, 0.1) is 12.6 Å². The van der Waals surface area contributed by atoms with E-state index in [2.05, 4.69) is 19.2 Å². The van der Waals surface area contributed by atoms with Gasteiger partial charge >= 0.3 is 0 Å². The van der Waals surface area contributed by atoms with Crippen LogP contribution in [0.3, 0.4) is 0 Å². The maximum absolute atomic E-state index is 11.9. The molecule has 0 radical (unpaired) electrons. The third-order valence-corrected chi connectivity index (χ3v) is 3.35. The van der Waals surface area contributed by atoms with Crippen LogP contribution in [0.15, 0.2) is 30.3 Å². The summed E-state index contributed by atoms with van der Waals surface area (Å²) in [5.74, 6) is 0.451. The third-order valence-electron chi connectivity index (χ3n) is 3.35. The number of carbonyl (C=O) groups excluding carboxylic acids is 1. The van der Waals surface area contributed by atoms with E-state index in [9.17, 15) is 9.90 Å². The van der Waals surface area contributed by atoms with Gasteiger partial charge in [0.15, 0.2) is 0 Å². The lowest BCUT2D eigenvalue weighted by atomic mass is 9.98. The molecule has 0 bridgehead atoms. The molecule has 0 aliphatic rings. The Morgan fingerprint density at radius 3 is 2.33 bits per heavy atom. The maximum atomic E-state index is 11.9. The highest BCUT2D eigenvalue weighted by molar-refractivity contribution is 5.76. The van der Waals surface area contributed by atoms with Crippen molar-refractivity contribution in [2.24, 2.45) is 5.92 Å². The first-order valence-electron chi connectivity index (χ1n) is 6.66. The molecule has 0 saturated carbocycles. The van der Waals surface area contributed by atoms with E-state index in [1.165, 1.54) is 0 Å². The highest BCUT2D eigenvalue weighted by Gasteiger charge is 2.15. The molecule has 1 atom stereocenters. The zero-order valence-corrected chi connectivity index (χ0v) is 11.2. The zero-order chi connectivity index (χ0) is 13.4. The number of benzene rings is 1. The van der Waals surface area contributed by atoms with Crippen LogP contribution in [0.5, 0.6) is 0 Å². The van der Waals surface area contributed by atoms with Crippen LogP contribution < -0.4 is 5.32 Å². The fourth-order valence-electron chi connectivity index (χ4n) is 2.01. The highest BCUT2D eigenvalue weighted by Crippen LogP contribution is 2.15. The van der Waals surface area contributed by atoms with E-state index in [1.807, 2.05) is 30.3 Å². The van der Waals surface area contributed by atoms with Gasteiger partial charge in [0.25, 0.3) is 0 Å². The van der Waals surface area contributed by atoms with Crippen molar-refractivity contribution in [3.8, 4) is 0 Å². The van der Waals surface area contributed by atoms with Gasteiger partial charge < -0.3 is 10.4 Å². The number of rotatable bonds is 7. The maximum Gasteiger partial charge on any atom is 0.220 e. The number of hydrogen-bond acceptors (Lipinski definition) is 2. The Morgan fingerprint density at radius 1 is 1.22 bits per heavy atom. The van der Waals surface area contributed by atoms with E-state index < -0.39 is 0 Å². The Bertz CT molecular complexity index is 347. The topological polar surface area (TPSA) is 49.3 Å². The number of nitrogens with one attached hydrogen (secondary N) is 1. The molecule has 0 aliphatic heterocycles. The van der Waals surface area contributed by atoms with Gasteiger partial charge in [-0.2, -0.15) is 0 Å². The van der Waals surface area contributed by atoms with Crippen molar-refractivity contribution in [2.75, 3.05) is 6.61 Å². The molecule has 1 aromatic carbocycles. The molecule has 1 amide bonds. The van der Waals surface area contributed by atoms with E-state index in [1.54, 1.807) is 0 Å². The van der Waals surface area contributed by atoms with Gasteiger partial charge in [0.1, 0.15) is 0 Å². The van der Waals surface area contributed by atoms with Gasteiger partial charge in [-0.05, 0) is 11.5 Å². The Balaban J connectivity index is 2.56. The number of carbonyl (C=O) groups is 1. The van der Waals surface area contributed by atoms with Gasteiger partial charge in [-0.3, -0.25) is 4.79 Å². The first-order chi connectivity index (χ1) is 8.71. The summed E-state index contributed by atoms with van der Waals surface area (Å²) in [6, 6.07) is 9.27. The van der Waals surface area contributed by atoms with Crippen molar-refractivity contribution in [2.45, 2.75) is 39.2 Å². The Kier molecular flexibility index (Phi) is 6.44. The quantitative estimate of drug-likeness (QED) is 0.780. The largest absolute Gasteiger partial charge is 0.394 e. The summed E-state index contributed by atoms with van der Waals surface area (Å²) in [5, 5.41) is 12.3. The van der Waals surface area contributed by atoms with Crippen molar-refractivity contribution >= 4 is 5.91 Å². The monoisotopic (exact) mass is 249 g/mol. The Morgan fingerprint density at radius 2 is 1.83 bits per heavy atom. The fraction of sp³-hybridized carbons (Fsp3) is 0.533. The lowest BCUT2D eigenvalue weighted by Crippen LogP contribution is -2.31. The second-order valence-corrected chi connectivity index (χ2v) is 4.60. The van der Waals surface area contributed by atoms with E-state index in [0.29, 0.717) is 12.3 Å². The van der Waals surface area contributed by atoms with Gasteiger partial charge in [0, 0.05) is 6.42 Å². The van der Waals surface area contributed by atoms with Crippen LogP contribution in [-0.2, 0) is 4.79 Å². The second-order valence-electron chi connectivity index (χ2n) is 4.60. The van der Waals surface area contributed by atoms with Crippen LogP contribution >= 0.6 is 0 Å². The van der Waals surface area contributed by atoms with Crippen LogP contribution in [0, 0.1) is 5.92 Å². The fourth-order valence-corrected chi connectivity index (χ4v) is 2.01. The summed E-state index contributed by atoms with van der Waals surface area (Å²) in [5.41, 5.74) is 0.942. The lowest BCUT2D eigenvalue weighted by Gasteiger charge is -2.18. The van der Waals surface area contributed by atoms with Crippen LogP contribution in [-0.4, -0.2) is 17.6 Å². The number of hydrogen-bond donors (Lipinski definition) is 2. The van der Waals surface area contributed by atoms with Gasteiger partial charge in [-0.15, -0.1) is 0 Å². The van der Waals surface area contributed by atoms with Gasteiger partial charge in [-0.1, -0.05) is 57.0 Å². The van der Waals surface area contributed by atoms with Gasteiger partial charge in [0.2, 0.25) is 5.91 Å². The molecule has 1 rings (SSSR count). The average Bonchev–Trinajstić information content (AvgIpc) is 2.43. The summed E-state index contributed by atoms with van der Waals surface area (Å²) in [6.07, 6.45) is 2.56. The normalized spacial score (nSPS) is 12.4. The first-order valence-corrected chi connectivity index (χ1v) is 6.66. The summed E-state index contributed by atoms with van der Waals surface area (Å²) in [7, 11) is 0. The highest BCUT2D eigenvalue weighted by atomic mass is 16.3. The molecule has 0 aliphatic carbocycles. The summed E-state index contributed by atoms with van der Waals surface area (Å²) in [6.45, 7) is 4.13. The molecule has 0 fully saturated rings. The first kappa shape index (κ1) is 14.7. The predicted molar refractivity (Wildman–Crippen MR) is 73.1 cm³/mol. The average molecular weight is 249 g/mol. The summed E-state index contributed by atoms with van der Waals surface area (Å²) in [4.78, 5) is 11.9. The van der Waals surface area contributed by atoms with Crippen molar-refractivity contribution < 1.29 is 9.90 Å². The van der Waals surface area contributed by atoms with E-state index in [-0.39, 0.29) is 18.6 Å².